The van der Waals surface area contributed by atoms with Gasteiger partial charge in [0.2, 0.25) is 0 Å². The predicted molar refractivity (Wildman–Crippen MR) is 257 cm³/mol. The van der Waals surface area contributed by atoms with E-state index in [1.54, 1.807) is 0 Å². The molecule has 0 aliphatic carbocycles. The van der Waals surface area contributed by atoms with Crippen LogP contribution in [-0.4, -0.2) is 23.0 Å². The fraction of sp³-hybridized carbons (Fsp3) is 0. The van der Waals surface area contributed by atoms with Crippen molar-refractivity contribution in [3.8, 4) is 67.5 Å². The first-order valence-corrected chi connectivity index (χ1v) is 23.0. The van der Waals surface area contributed by atoms with Crippen molar-refractivity contribution in [2.75, 3.05) is 0 Å². The lowest BCUT2D eigenvalue weighted by Gasteiger charge is -2.31. The number of fused-ring (bicyclic) bond motifs is 6. The summed E-state index contributed by atoms with van der Waals surface area (Å²) in [6.45, 7) is 0. The zero-order chi connectivity index (χ0) is 41.0. The van der Waals surface area contributed by atoms with Crippen molar-refractivity contribution in [1.29, 1.82) is 0 Å². The van der Waals surface area contributed by atoms with Crippen molar-refractivity contribution in [1.82, 2.24) is 15.0 Å². The van der Waals surface area contributed by atoms with E-state index in [0.717, 1.165) is 60.9 Å². The van der Waals surface area contributed by atoms with E-state index in [-0.39, 0.29) is 0 Å². The predicted octanol–water partition coefficient (Wildman–Crippen LogP) is 11.5. The van der Waals surface area contributed by atoms with Gasteiger partial charge in [0, 0.05) is 27.5 Å². The Balaban J connectivity index is 1.19. The highest BCUT2D eigenvalue weighted by Crippen LogP contribution is 2.44. The topological polar surface area (TPSA) is 51.8 Å². The normalized spacial score (nSPS) is 12.6. The van der Waals surface area contributed by atoms with Gasteiger partial charge in [-0.2, -0.15) is 0 Å². The van der Waals surface area contributed by atoms with Crippen LogP contribution in [0, 0.1) is 0 Å². The fourth-order valence-electron chi connectivity index (χ4n) is 9.77. The molecule has 290 valence electrons. The van der Waals surface area contributed by atoms with Crippen LogP contribution in [0.15, 0.2) is 229 Å². The highest BCUT2D eigenvalue weighted by molar-refractivity contribution is 7.22. The summed E-state index contributed by atoms with van der Waals surface area (Å²) < 4.78 is 6.55. The zero-order valence-electron chi connectivity index (χ0n) is 33.6. The van der Waals surface area contributed by atoms with Gasteiger partial charge < -0.3 is 4.42 Å². The van der Waals surface area contributed by atoms with Crippen molar-refractivity contribution in [3.63, 3.8) is 0 Å². The summed E-state index contributed by atoms with van der Waals surface area (Å²) in [5, 5.41) is 7.35. The van der Waals surface area contributed by atoms with Gasteiger partial charge in [0.1, 0.15) is 11.2 Å². The van der Waals surface area contributed by atoms with Crippen molar-refractivity contribution in [3.05, 3.63) is 224 Å². The number of benzene rings is 9. The highest BCUT2D eigenvalue weighted by atomic mass is 28.3. The monoisotopic (exact) mass is 807 g/mol. The largest absolute Gasteiger partial charge is 0.456 e. The number of hydrogen-bond acceptors (Lipinski definition) is 4. The summed E-state index contributed by atoms with van der Waals surface area (Å²) in [5.74, 6) is 1.82. The third-order valence-electron chi connectivity index (χ3n) is 12.4. The van der Waals surface area contributed by atoms with Gasteiger partial charge in [-0.3, -0.25) is 0 Å². The average Bonchev–Trinajstić information content (AvgIpc) is 3.89. The molecule has 2 aromatic heterocycles. The Bertz CT molecular complexity index is 3410. The van der Waals surface area contributed by atoms with E-state index in [4.69, 9.17) is 19.4 Å². The van der Waals surface area contributed by atoms with E-state index >= 15 is 0 Å². The smallest absolute Gasteiger partial charge is 0.180 e. The maximum atomic E-state index is 6.55. The van der Waals surface area contributed by atoms with Gasteiger partial charge in [0.05, 0.1) is 0 Å². The third-order valence-corrected chi connectivity index (χ3v) is 17.3. The second-order valence-corrected chi connectivity index (χ2v) is 19.6. The molecule has 0 saturated heterocycles. The van der Waals surface area contributed by atoms with Crippen LogP contribution in [-0.2, 0) is 0 Å². The van der Waals surface area contributed by atoms with Gasteiger partial charge in [0.15, 0.2) is 25.5 Å². The summed E-state index contributed by atoms with van der Waals surface area (Å²) in [7, 11) is -2.84. The molecule has 0 N–H and O–H groups in total. The Hall–Kier alpha value is -7.99. The van der Waals surface area contributed by atoms with E-state index in [1.807, 2.05) is 36.4 Å². The number of aromatic nitrogens is 3. The van der Waals surface area contributed by atoms with Crippen LogP contribution in [0.2, 0.25) is 0 Å². The molecule has 0 fully saturated rings. The second kappa shape index (κ2) is 14.6. The van der Waals surface area contributed by atoms with E-state index < -0.39 is 8.07 Å². The molecule has 12 rings (SSSR count). The molecule has 4 nitrogen and oxygen atoms in total. The molecule has 5 heteroatoms. The number of nitrogens with zero attached hydrogens (tertiary/aromatic N) is 3. The molecule has 1 aliphatic heterocycles. The fourth-order valence-corrected chi connectivity index (χ4v) is 15.0. The number of hydrogen-bond donors (Lipinski definition) is 0. The summed E-state index contributed by atoms with van der Waals surface area (Å²) in [4.78, 5) is 16.4. The Kier molecular flexibility index (Phi) is 8.47. The van der Waals surface area contributed by atoms with Gasteiger partial charge in [-0.05, 0) is 72.3 Å². The zero-order valence-corrected chi connectivity index (χ0v) is 34.6. The van der Waals surface area contributed by atoms with E-state index in [2.05, 4.69) is 188 Å². The average molecular weight is 808 g/mol. The minimum Gasteiger partial charge on any atom is -0.456 e. The maximum absolute atomic E-state index is 6.55. The molecule has 62 heavy (non-hydrogen) atoms. The van der Waals surface area contributed by atoms with Gasteiger partial charge in [0.25, 0.3) is 0 Å². The van der Waals surface area contributed by atoms with Gasteiger partial charge in [-0.15, -0.1) is 0 Å². The number of furan rings is 1. The second-order valence-electron chi connectivity index (χ2n) is 15.8. The van der Waals surface area contributed by atoms with Crippen LogP contribution in [0.5, 0.6) is 0 Å². The molecule has 0 unspecified atom stereocenters. The van der Waals surface area contributed by atoms with Gasteiger partial charge in [-0.1, -0.05) is 206 Å². The molecule has 3 heterocycles. The molecule has 0 spiro atoms. The highest BCUT2D eigenvalue weighted by Gasteiger charge is 2.50. The minimum absolute atomic E-state index is 0.588. The quantitative estimate of drug-likeness (QED) is 0.151. The molecule has 0 atom stereocenters. The molecule has 0 amide bonds. The Morgan fingerprint density at radius 2 is 0.887 bits per heavy atom. The van der Waals surface area contributed by atoms with Crippen molar-refractivity contribution < 1.29 is 4.42 Å². The van der Waals surface area contributed by atoms with Crippen molar-refractivity contribution in [2.45, 2.75) is 0 Å². The molecule has 11 aromatic rings. The lowest BCUT2D eigenvalue weighted by Crippen LogP contribution is -2.72. The van der Waals surface area contributed by atoms with Crippen molar-refractivity contribution in [2.24, 2.45) is 0 Å². The van der Waals surface area contributed by atoms with Gasteiger partial charge in [-0.25, -0.2) is 15.0 Å². The maximum Gasteiger partial charge on any atom is 0.180 e. The molecule has 9 aromatic carbocycles. The molecule has 0 bridgehead atoms. The van der Waals surface area contributed by atoms with Crippen LogP contribution < -0.4 is 20.7 Å². The Morgan fingerprint density at radius 3 is 1.58 bits per heavy atom. The first-order valence-electron chi connectivity index (χ1n) is 21.0. The molecular weight excluding hydrogens is 771 g/mol. The van der Waals surface area contributed by atoms with Crippen LogP contribution >= 0.6 is 0 Å². The van der Waals surface area contributed by atoms with Crippen LogP contribution in [0.4, 0.5) is 0 Å². The first kappa shape index (κ1) is 35.9. The summed E-state index contributed by atoms with van der Waals surface area (Å²) in [6.07, 6.45) is 0. The summed E-state index contributed by atoms with van der Waals surface area (Å²) in [5.41, 5.74) is 11.2. The van der Waals surface area contributed by atoms with Crippen LogP contribution in [0.25, 0.3) is 89.5 Å². The first-order chi connectivity index (χ1) is 30.8. The van der Waals surface area contributed by atoms with Gasteiger partial charge >= 0.3 is 0 Å². The van der Waals surface area contributed by atoms with E-state index in [9.17, 15) is 0 Å². The van der Waals surface area contributed by atoms with Crippen molar-refractivity contribution >= 4 is 50.8 Å². The Morgan fingerprint density at radius 1 is 0.323 bits per heavy atom. The standard InChI is InChI=1S/C57H37N3OSi/c1-6-19-38(20-7-1)41-33-35-48-47(37-41)52-46(30-18-31-49(52)61-48)56-58-55(40-23-10-3-11-24-40)59-57(60-56)54-44(39-21-8-2-9-22-39)34-36-51-53(54)45-29-16-17-32-50(45)62(51,42-25-12-4-13-26-42)43-27-14-5-15-28-43/h1-37H. The molecular formula is C57H37N3OSi. The third kappa shape index (κ3) is 5.63. The molecule has 0 radical (unpaired) electrons. The summed E-state index contributed by atoms with van der Waals surface area (Å²) >= 11 is 0. The van der Waals surface area contributed by atoms with E-state index in [1.165, 1.54) is 31.9 Å². The van der Waals surface area contributed by atoms with Crippen LogP contribution in [0.3, 0.4) is 0 Å². The molecule has 1 aliphatic rings. The molecule has 0 saturated carbocycles. The Labute approximate surface area is 360 Å². The van der Waals surface area contributed by atoms with Crippen LogP contribution in [0.1, 0.15) is 0 Å². The lowest BCUT2D eigenvalue weighted by molar-refractivity contribution is 0.669. The van der Waals surface area contributed by atoms with E-state index in [0.29, 0.717) is 17.5 Å². The minimum atomic E-state index is -2.84. The SMILES string of the molecule is c1ccc(-c2ccc3oc4cccc(-c5nc(-c6ccccc6)nc(-c6c(-c7ccccc7)ccc7c6-c6ccccc6[Si]7(c6ccccc6)c6ccccc6)n5)c4c3c2)cc1. The number of rotatable bonds is 7. The lowest BCUT2D eigenvalue weighted by atomic mass is 9.91. The summed E-state index contributed by atoms with van der Waals surface area (Å²) in [6, 6.07) is 80.0.